The molecule has 6 heteroatoms. The predicted molar refractivity (Wildman–Crippen MR) is 53.6 cm³/mol. The number of nitrogens with one attached hydrogen (secondary N) is 1. The Bertz CT molecular complexity index is 388. The number of hydrogen-bond donors (Lipinski definition) is 2. The highest BCUT2D eigenvalue weighted by atomic mass is 16.5. The molecule has 0 unspecified atom stereocenters. The van der Waals surface area contributed by atoms with E-state index in [0.717, 1.165) is 0 Å². The minimum atomic E-state index is -0.819. The van der Waals surface area contributed by atoms with Crippen LogP contribution in [-0.4, -0.2) is 22.1 Å². The second kappa shape index (κ2) is 4.34. The Balaban J connectivity index is 1.90. The maximum absolute atomic E-state index is 11.7. The number of anilines is 1. The van der Waals surface area contributed by atoms with Crippen molar-refractivity contribution in [2.75, 3.05) is 5.32 Å². The summed E-state index contributed by atoms with van der Waals surface area (Å²) < 4.78 is 4.58. The van der Waals surface area contributed by atoms with Crippen LogP contribution >= 0.6 is 0 Å². The van der Waals surface area contributed by atoms with Gasteiger partial charge in [-0.25, -0.2) is 0 Å². The van der Waals surface area contributed by atoms with Gasteiger partial charge in [0.05, 0.1) is 12.1 Å². The third-order valence-electron chi connectivity index (χ3n) is 2.85. The Kier molecular flexibility index (Phi) is 2.89. The van der Waals surface area contributed by atoms with E-state index < -0.39 is 11.9 Å². The van der Waals surface area contributed by atoms with Crippen molar-refractivity contribution in [3.05, 3.63) is 12.5 Å². The minimum absolute atomic E-state index is 0.160. The summed E-state index contributed by atoms with van der Waals surface area (Å²) >= 11 is 0. The number of carbonyl (C=O) groups is 2. The number of hydrogen-bond acceptors (Lipinski definition) is 4. The Hall–Kier alpha value is -1.85. The van der Waals surface area contributed by atoms with Gasteiger partial charge in [0.1, 0.15) is 12.0 Å². The third-order valence-corrected chi connectivity index (χ3v) is 2.85. The fourth-order valence-electron chi connectivity index (χ4n) is 1.95. The second-order valence-electron chi connectivity index (χ2n) is 3.95. The van der Waals surface area contributed by atoms with Crippen LogP contribution in [0, 0.1) is 11.8 Å². The largest absolute Gasteiger partial charge is 0.481 e. The molecule has 16 heavy (non-hydrogen) atoms. The van der Waals surface area contributed by atoms with Crippen LogP contribution in [0.1, 0.15) is 19.3 Å². The van der Waals surface area contributed by atoms with E-state index in [4.69, 9.17) is 5.11 Å². The van der Waals surface area contributed by atoms with Gasteiger partial charge in [0.25, 0.3) is 0 Å². The quantitative estimate of drug-likeness (QED) is 0.802. The summed E-state index contributed by atoms with van der Waals surface area (Å²) in [6, 6.07) is 0. The molecule has 1 aliphatic carbocycles. The maximum Gasteiger partial charge on any atom is 0.306 e. The molecule has 0 aromatic carbocycles. The molecular formula is C10H12N2O4. The Morgan fingerprint density at radius 3 is 2.75 bits per heavy atom. The first-order valence-electron chi connectivity index (χ1n) is 5.10. The molecule has 0 spiro atoms. The first kappa shape index (κ1) is 10.7. The summed E-state index contributed by atoms with van der Waals surface area (Å²) in [7, 11) is 0. The molecule has 1 fully saturated rings. The zero-order valence-corrected chi connectivity index (χ0v) is 8.55. The lowest BCUT2D eigenvalue weighted by Gasteiger charge is -2.08. The number of carboxylic acid groups (broad SMARTS) is 1. The molecule has 2 N–H and O–H groups in total. The second-order valence-corrected chi connectivity index (χ2v) is 3.95. The van der Waals surface area contributed by atoms with Crippen LogP contribution in [-0.2, 0) is 9.59 Å². The Morgan fingerprint density at radius 1 is 1.44 bits per heavy atom. The number of nitrogens with zero attached hydrogens (tertiary/aromatic N) is 1. The molecule has 0 radical (unpaired) electrons. The normalized spacial score (nSPS) is 24.2. The Labute approximate surface area is 91.6 Å². The van der Waals surface area contributed by atoms with Crippen molar-refractivity contribution in [1.29, 1.82) is 0 Å². The fraction of sp³-hybridized carbons (Fsp3) is 0.500. The number of amides is 1. The molecule has 0 bridgehead atoms. The SMILES string of the molecule is O=C(O)[C@H]1CC[C@@H](C(=O)Nc2cnoc2)C1. The standard InChI is InChI=1S/C10H12N2O4/c13-9(12-8-4-11-16-5-8)6-1-2-7(3-6)10(14)15/h4-7H,1-3H2,(H,12,13)(H,14,15)/t6-,7+/m1/s1. The lowest BCUT2D eigenvalue weighted by Crippen LogP contribution is -2.21. The lowest BCUT2D eigenvalue weighted by molar-refractivity contribution is -0.141. The molecule has 86 valence electrons. The number of rotatable bonds is 3. The van der Waals surface area contributed by atoms with Crippen LogP contribution < -0.4 is 5.32 Å². The highest BCUT2D eigenvalue weighted by Crippen LogP contribution is 2.31. The van der Waals surface area contributed by atoms with E-state index in [9.17, 15) is 9.59 Å². The molecule has 2 rings (SSSR count). The van der Waals surface area contributed by atoms with Gasteiger partial charge in [0.2, 0.25) is 5.91 Å². The first-order valence-corrected chi connectivity index (χ1v) is 5.10. The van der Waals surface area contributed by atoms with Crippen LogP contribution in [0.2, 0.25) is 0 Å². The fourth-order valence-corrected chi connectivity index (χ4v) is 1.95. The zero-order valence-electron chi connectivity index (χ0n) is 8.55. The number of aromatic nitrogens is 1. The number of aliphatic carboxylic acids is 1. The van der Waals surface area contributed by atoms with Gasteiger partial charge < -0.3 is 14.9 Å². The number of carbonyl (C=O) groups excluding carboxylic acids is 1. The summed E-state index contributed by atoms with van der Waals surface area (Å²) in [6.07, 6.45) is 4.33. The van der Waals surface area contributed by atoms with E-state index in [1.54, 1.807) is 0 Å². The van der Waals surface area contributed by atoms with Crippen molar-refractivity contribution in [2.45, 2.75) is 19.3 Å². The topological polar surface area (TPSA) is 92.4 Å². The smallest absolute Gasteiger partial charge is 0.306 e. The van der Waals surface area contributed by atoms with Gasteiger partial charge in [-0.3, -0.25) is 9.59 Å². The average molecular weight is 224 g/mol. The van der Waals surface area contributed by atoms with Crippen LogP contribution in [0.5, 0.6) is 0 Å². The molecule has 0 saturated heterocycles. The van der Waals surface area contributed by atoms with Crippen LogP contribution in [0.4, 0.5) is 5.69 Å². The monoisotopic (exact) mass is 224 g/mol. The molecule has 1 amide bonds. The van der Waals surface area contributed by atoms with Crippen molar-refractivity contribution in [2.24, 2.45) is 11.8 Å². The molecule has 1 heterocycles. The highest BCUT2D eigenvalue weighted by molar-refractivity contribution is 5.92. The van der Waals surface area contributed by atoms with Gasteiger partial charge in [0.15, 0.2) is 0 Å². The van der Waals surface area contributed by atoms with Gasteiger partial charge in [0, 0.05) is 5.92 Å². The lowest BCUT2D eigenvalue weighted by atomic mass is 10.0. The van der Waals surface area contributed by atoms with Gasteiger partial charge >= 0.3 is 5.97 Å². The molecule has 1 saturated carbocycles. The van der Waals surface area contributed by atoms with E-state index in [2.05, 4.69) is 15.0 Å². The summed E-state index contributed by atoms with van der Waals surface area (Å²) in [5.41, 5.74) is 0.503. The molecule has 1 aromatic heterocycles. The molecule has 0 aliphatic heterocycles. The van der Waals surface area contributed by atoms with E-state index in [1.807, 2.05) is 0 Å². The van der Waals surface area contributed by atoms with Crippen molar-refractivity contribution >= 4 is 17.6 Å². The first-order chi connectivity index (χ1) is 7.66. The van der Waals surface area contributed by atoms with Crippen LogP contribution in [0.25, 0.3) is 0 Å². The van der Waals surface area contributed by atoms with Crippen molar-refractivity contribution in [3.8, 4) is 0 Å². The maximum atomic E-state index is 11.7. The summed E-state index contributed by atoms with van der Waals surface area (Å²) in [6.45, 7) is 0. The van der Waals surface area contributed by atoms with Crippen LogP contribution in [0.3, 0.4) is 0 Å². The molecular weight excluding hydrogens is 212 g/mol. The van der Waals surface area contributed by atoms with E-state index in [-0.39, 0.29) is 11.8 Å². The van der Waals surface area contributed by atoms with E-state index >= 15 is 0 Å². The summed E-state index contributed by atoms with van der Waals surface area (Å²) in [5.74, 6) is -1.60. The van der Waals surface area contributed by atoms with Gasteiger partial charge in [-0.1, -0.05) is 5.16 Å². The number of carboxylic acids is 1. The van der Waals surface area contributed by atoms with E-state index in [0.29, 0.717) is 24.9 Å². The van der Waals surface area contributed by atoms with Crippen molar-refractivity contribution < 1.29 is 19.2 Å². The summed E-state index contributed by atoms with van der Waals surface area (Å²) in [5, 5.41) is 14.9. The highest BCUT2D eigenvalue weighted by Gasteiger charge is 2.33. The van der Waals surface area contributed by atoms with Crippen LogP contribution in [0.15, 0.2) is 17.0 Å². The zero-order chi connectivity index (χ0) is 11.5. The summed E-state index contributed by atoms with van der Waals surface area (Å²) in [4.78, 5) is 22.4. The van der Waals surface area contributed by atoms with Gasteiger partial charge in [-0.05, 0) is 19.3 Å². The third kappa shape index (κ3) is 2.21. The van der Waals surface area contributed by atoms with Gasteiger partial charge in [-0.15, -0.1) is 0 Å². The molecule has 1 aromatic rings. The van der Waals surface area contributed by atoms with Gasteiger partial charge in [-0.2, -0.15) is 0 Å². The molecule has 1 aliphatic rings. The predicted octanol–water partition coefficient (Wildman–Crippen LogP) is 1.11. The average Bonchev–Trinajstić information content (AvgIpc) is 2.86. The minimum Gasteiger partial charge on any atom is -0.481 e. The van der Waals surface area contributed by atoms with E-state index in [1.165, 1.54) is 12.5 Å². The molecule has 2 atom stereocenters. The van der Waals surface area contributed by atoms with Crippen molar-refractivity contribution in [3.63, 3.8) is 0 Å². The Morgan fingerprint density at radius 2 is 2.19 bits per heavy atom. The molecule has 6 nitrogen and oxygen atoms in total. The van der Waals surface area contributed by atoms with Crippen molar-refractivity contribution in [1.82, 2.24) is 5.16 Å².